The molecule has 0 radical (unpaired) electrons. The molecule has 0 aliphatic heterocycles. The van der Waals surface area contributed by atoms with Gasteiger partial charge in [-0.2, -0.15) is 0 Å². The van der Waals surface area contributed by atoms with Crippen molar-refractivity contribution in [3.05, 3.63) is 52.2 Å². The third kappa shape index (κ3) is 4.45. The summed E-state index contributed by atoms with van der Waals surface area (Å²) in [5.74, 6) is 0.299. The number of amides is 2. The van der Waals surface area contributed by atoms with Crippen molar-refractivity contribution in [2.75, 3.05) is 5.32 Å². The third-order valence-corrected chi connectivity index (χ3v) is 4.91. The highest BCUT2D eigenvalue weighted by atomic mass is 32.1. The summed E-state index contributed by atoms with van der Waals surface area (Å²) in [4.78, 5) is 28.2. The van der Waals surface area contributed by atoms with Crippen LogP contribution < -0.4 is 10.6 Å². The minimum absolute atomic E-state index is 0.0600. The number of anilines is 1. The molecule has 2 N–H and O–H groups in total. The largest absolute Gasteiger partial charge is 0.360 e. The number of hydrogen-bond donors (Lipinski definition) is 2. The summed E-state index contributed by atoms with van der Waals surface area (Å²) in [6.07, 6.45) is 0. The van der Waals surface area contributed by atoms with Crippen molar-refractivity contribution in [3.8, 4) is 11.3 Å². The molecule has 0 aliphatic carbocycles. The third-order valence-electron chi connectivity index (χ3n) is 4.16. The Morgan fingerprint density at radius 3 is 2.57 bits per heavy atom. The fraction of sp³-hybridized carbons (Fsp3) is 0.300. The highest BCUT2D eigenvalue weighted by Gasteiger charge is 2.23. The second kappa shape index (κ2) is 8.35. The van der Waals surface area contributed by atoms with Crippen LogP contribution in [-0.4, -0.2) is 22.0 Å². The highest BCUT2D eigenvalue weighted by molar-refractivity contribution is 7.14. The lowest BCUT2D eigenvalue weighted by Crippen LogP contribution is -2.18. The summed E-state index contributed by atoms with van der Waals surface area (Å²) in [6.45, 7) is 7.64. The molecule has 0 saturated carbocycles. The van der Waals surface area contributed by atoms with E-state index in [0.29, 0.717) is 28.7 Å². The molecule has 0 fully saturated rings. The van der Waals surface area contributed by atoms with Crippen LogP contribution in [0.1, 0.15) is 54.1 Å². The number of carbonyl (C=O) groups is 2. The maximum absolute atomic E-state index is 12.7. The monoisotopic (exact) mass is 398 g/mol. The molecule has 3 aromatic rings. The molecule has 2 heterocycles. The molecule has 8 heteroatoms. The molecule has 0 atom stereocenters. The molecule has 146 valence electrons. The Balaban J connectivity index is 1.71. The summed E-state index contributed by atoms with van der Waals surface area (Å²) >= 11 is 1.36. The van der Waals surface area contributed by atoms with E-state index < -0.39 is 0 Å². The van der Waals surface area contributed by atoms with E-state index in [-0.39, 0.29) is 17.7 Å². The topological polar surface area (TPSA) is 97.1 Å². The number of rotatable bonds is 6. The zero-order valence-electron chi connectivity index (χ0n) is 16.2. The maximum atomic E-state index is 12.7. The van der Waals surface area contributed by atoms with Gasteiger partial charge in [-0.3, -0.25) is 14.9 Å². The second-order valence-electron chi connectivity index (χ2n) is 6.76. The van der Waals surface area contributed by atoms with Crippen LogP contribution in [0.25, 0.3) is 11.3 Å². The number of aromatic nitrogens is 2. The molecule has 0 spiro atoms. The average molecular weight is 398 g/mol. The Kier molecular flexibility index (Phi) is 5.89. The van der Waals surface area contributed by atoms with Crippen LogP contribution in [0.4, 0.5) is 5.13 Å². The number of benzene rings is 1. The van der Waals surface area contributed by atoms with Gasteiger partial charge in [0, 0.05) is 30.3 Å². The lowest BCUT2D eigenvalue weighted by molar-refractivity contribution is -0.119. The summed E-state index contributed by atoms with van der Waals surface area (Å²) in [7, 11) is 0. The van der Waals surface area contributed by atoms with Gasteiger partial charge in [0.25, 0.3) is 5.91 Å². The molecule has 0 saturated heterocycles. The molecular weight excluding hydrogens is 376 g/mol. The van der Waals surface area contributed by atoms with E-state index in [2.05, 4.69) is 20.8 Å². The smallest absolute Gasteiger partial charge is 0.262 e. The summed E-state index contributed by atoms with van der Waals surface area (Å²) in [5.41, 5.74) is 3.75. The van der Waals surface area contributed by atoms with Crippen LogP contribution >= 0.6 is 11.3 Å². The lowest BCUT2D eigenvalue weighted by Gasteiger charge is -2.05. The van der Waals surface area contributed by atoms with E-state index in [9.17, 15) is 9.59 Å². The number of carbonyl (C=O) groups excluding carboxylic acids is 2. The van der Waals surface area contributed by atoms with Gasteiger partial charge in [0.2, 0.25) is 5.91 Å². The normalized spacial score (nSPS) is 10.9. The van der Waals surface area contributed by atoms with Gasteiger partial charge in [-0.25, -0.2) is 4.98 Å². The SMILES string of the molecule is CC(=O)NCc1ccc(-c2csc(NC(=O)c3c(C)noc3C(C)C)n2)cc1. The molecule has 7 nitrogen and oxygen atoms in total. The van der Waals surface area contributed by atoms with Gasteiger partial charge in [-0.1, -0.05) is 43.3 Å². The molecule has 1 aromatic carbocycles. The number of hydrogen-bond acceptors (Lipinski definition) is 6. The number of aryl methyl sites for hydroxylation is 1. The molecule has 0 aliphatic rings. The molecule has 2 aromatic heterocycles. The maximum Gasteiger partial charge on any atom is 0.262 e. The first-order valence-electron chi connectivity index (χ1n) is 8.92. The second-order valence-corrected chi connectivity index (χ2v) is 7.62. The Labute approximate surface area is 167 Å². The highest BCUT2D eigenvalue weighted by Crippen LogP contribution is 2.27. The van der Waals surface area contributed by atoms with Crippen LogP contribution in [-0.2, 0) is 11.3 Å². The Morgan fingerprint density at radius 2 is 1.93 bits per heavy atom. The van der Waals surface area contributed by atoms with Crippen molar-refractivity contribution in [1.29, 1.82) is 0 Å². The summed E-state index contributed by atoms with van der Waals surface area (Å²) < 4.78 is 5.28. The van der Waals surface area contributed by atoms with Crippen LogP contribution in [0.5, 0.6) is 0 Å². The zero-order valence-corrected chi connectivity index (χ0v) is 17.0. The van der Waals surface area contributed by atoms with Crippen LogP contribution in [0, 0.1) is 6.92 Å². The van der Waals surface area contributed by atoms with E-state index in [0.717, 1.165) is 16.8 Å². The standard InChI is InChI=1S/C20H22N4O3S/c1-11(2)18-17(12(3)24-27-18)19(26)23-20-22-16(10-28-20)15-7-5-14(6-8-15)9-21-13(4)25/h5-8,10-11H,9H2,1-4H3,(H,21,25)(H,22,23,26). The fourth-order valence-electron chi connectivity index (χ4n) is 2.70. The first-order chi connectivity index (χ1) is 13.3. The van der Waals surface area contributed by atoms with Crippen molar-refractivity contribution >= 4 is 28.3 Å². The predicted molar refractivity (Wildman–Crippen MR) is 108 cm³/mol. The molecule has 28 heavy (non-hydrogen) atoms. The minimum Gasteiger partial charge on any atom is -0.360 e. The van der Waals surface area contributed by atoms with E-state index in [1.54, 1.807) is 6.92 Å². The first-order valence-corrected chi connectivity index (χ1v) is 9.80. The number of nitrogens with one attached hydrogen (secondary N) is 2. The van der Waals surface area contributed by atoms with E-state index in [1.165, 1.54) is 18.3 Å². The van der Waals surface area contributed by atoms with Crippen molar-refractivity contribution in [1.82, 2.24) is 15.5 Å². The minimum atomic E-state index is -0.269. The van der Waals surface area contributed by atoms with Gasteiger partial charge in [0.15, 0.2) is 10.9 Å². The zero-order chi connectivity index (χ0) is 20.3. The molecule has 2 amide bonds. The van der Waals surface area contributed by atoms with Gasteiger partial charge in [-0.05, 0) is 12.5 Å². The van der Waals surface area contributed by atoms with Gasteiger partial charge >= 0.3 is 0 Å². The fourth-order valence-corrected chi connectivity index (χ4v) is 3.42. The van der Waals surface area contributed by atoms with Crippen LogP contribution in [0.2, 0.25) is 0 Å². The van der Waals surface area contributed by atoms with E-state index >= 15 is 0 Å². The first kappa shape index (κ1) is 19.8. The van der Waals surface area contributed by atoms with Crippen LogP contribution in [0.3, 0.4) is 0 Å². The molecule has 0 unspecified atom stereocenters. The Hall–Kier alpha value is -3.00. The predicted octanol–water partition coefficient (Wildman–Crippen LogP) is 4.12. The Bertz CT molecular complexity index is 989. The van der Waals surface area contributed by atoms with Crippen molar-refractivity contribution in [2.45, 2.75) is 40.2 Å². The van der Waals surface area contributed by atoms with Gasteiger partial charge in [-0.15, -0.1) is 11.3 Å². The van der Waals surface area contributed by atoms with Crippen LogP contribution in [0.15, 0.2) is 34.2 Å². The molecular formula is C20H22N4O3S. The van der Waals surface area contributed by atoms with Gasteiger partial charge in [0.1, 0.15) is 5.56 Å². The van der Waals surface area contributed by atoms with E-state index in [1.807, 2.05) is 43.5 Å². The molecule has 3 rings (SSSR count). The summed E-state index contributed by atoms with van der Waals surface area (Å²) in [6, 6.07) is 7.77. The van der Waals surface area contributed by atoms with Gasteiger partial charge in [0.05, 0.1) is 11.4 Å². The number of nitrogens with zero attached hydrogens (tertiary/aromatic N) is 2. The lowest BCUT2D eigenvalue weighted by atomic mass is 10.0. The van der Waals surface area contributed by atoms with Gasteiger partial charge < -0.3 is 9.84 Å². The van der Waals surface area contributed by atoms with Crippen molar-refractivity contribution < 1.29 is 14.1 Å². The number of thiazole rings is 1. The van der Waals surface area contributed by atoms with E-state index in [4.69, 9.17) is 4.52 Å². The Morgan fingerprint density at radius 1 is 1.21 bits per heavy atom. The van der Waals surface area contributed by atoms with Crippen molar-refractivity contribution in [3.63, 3.8) is 0 Å². The van der Waals surface area contributed by atoms with Crippen molar-refractivity contribution in [2.24, 2.45) is 0 Å². The molecule has 0 bridgehead atoms. The average Bonchev–Trinajstić information content (AvgIpc) is 3.27. The quantitative estimate of drug-likeness (QED) is 0.651. The summed E-state index contributed by atoms with van der Waals surface area (Å²) in [5, 5.41) is 11.9.